The van der Waals surface area contributed by atoms with Crippen LogP contribution in [0.2, 0.25) is 0 Å². The van der Waals surface area contributed by atoms with Gasteiger partial charge in [-0.2, -0.15) is 0 Å². The van der Waals surface area contributed by atoms with E-state index in [1.165, 1.54) is 54.5 Å². The number of hydrogen-bond acceptors (Lipinski definition) is 2. The summed E-state index contributed by atoms with van der Waals surface area (Å²) in [5.41, 5.74) is 11.7. The number of nitrogens with zero attached hydrogens (tertiary/aromatic N) is 1. The second kappa shape index (κ2) is 11.6. The summed E-state index contributed by atoms with van der Waals surface area (Å²) in [5.74, 6) is 0.818. The molecule has 0 unspecified atom stereocenters. The second-order valence-electron chi connectivity index (χ2n) is 14.4. The van der Waals surface area contributed by atoms with Gasteiger partial charge in [0.25, 0.3) is 0 Å². The Labute approximate surface area is 315 Å². The fraction of sp³-hybridized carbons (Fsp3) is 0. The Hall–Kier alpha value is -7.36. The summed E-state index contributed by atoms with van der Waals surface area (Å²) in [5, 5.41) is 10.4. The molecule has 0 spiro atoms. The van der Waals surface area contributed by atoms with E-state index >= 15 is 0 Å². The third-order valence-corrected chi connectivity index (χ3v) is 11.4. The summed E-state index contributed by atoms with van der Waals surface area (Å²) in [6, 6.07) is 67.2. The molecule has 0 aliphatic rings. The lowest BCUT2D eigenvalue weighted by atomic mass is 9.85. The number of benzene rings is 9. The van der Waals surface area contributed by atoms with Crippen molar-refractivity contribution in [3.8, 4) is 39.3 Å². The third-order valence-electron chi connectivity index (χ3n) is 11.4. The monoisotopic (exact) mass is 701 g/mol. The van der Waals surface area contributed by atoms with E-state index in [1.54, 1.807) is 0 Å². The zero-order valence-electron chi connectivity index (χ0n) is 29.7. The summed E-state index contributed by atoms with van der Waals surface area (Å²) in [4.78, 5) is 0. The average Bonchev–Trinajstić information content (AvgIpc) is 3.96. The Morgan fingerprint density at radius 1 is 0.327 bits per heavy atom. The number of hydrogen-bond donors (Lipinski definition) is 0. The van der Waals surface area contributed by atoms with Gasteiger partial charge in [-0.1, -0.05) is 140 Å². The van der Waals surface area contributed by atoms with Gasteiger partial charge in [-0.15, -0.1) is 0 Å². The number of aromatic nitrogens is 1. The maximum absolute atomic E-state index is 6.92. The van der Waals surface area contributed by atoms with Gasteiger partial charge in [-0.3, -0.25) is 0 Å². The number of fused-ring (bicyclic) bond motifs is 10. The highest BCUT2D eigenvalue weighted by Crippen LogP contribution is 2.49. The first-order valence-corrected chi connectivity index (χ1v) is 18.8. The van der Waals surface area contributed by atoms with E-state index in [0.717, 1.165) is 61.0 Å². The van der Waals surface area contributed by atoms with Crippen molar-refractivity contribution in [2.75, 3.05) is 0 Å². The molecule has 0 bridgehead atoms. The minimum Gasteiger partial charge on any atom is -0.455 e. The molecule has 0 atom stereocenters. The van der Waals surface area contributed by atoms with Gasteiger partial charge in [-0.05, 0) is 81.2 Å². The number of furan rings is 2. The number of para-hydroxylation sites is 3. The normalized spacial score (nSPS) is 12.0. The predicted molar refractivity (Wildman–Crippen MR) is 229 cm³/mol. The molecule has 3 aromatic heterocycles. The van der Waals surface area contributed by atoms with Crippen molar-refractivity contribution in [3.63, 3.8) is 0 Å². The molecule has 12 aromatic rings. The molecule has 0 fully saturated rings. The van der Waals surface area contributed by atoms with Crippen LogP contribution in [0.3, 0.4) is 0 Å². The maximum atomic E-state index is 6.92. The van der Waals surface area contributed by atoms with Gasteiger partial charge in [0.05, 0.1) is 16.4 Å². The van der Waals surface area contributed by atoms with E-state index in [1.807, 2.05) is 18.2 Å². The van der Waals surface area contributed by atoms with E-state index < -0.39 is 0 Å². The molecule has 0 saturated heterocycles. The first-order chi connectivity index (χ1) is 27.3. The van der Waals surface area contributed by atoms with Crippen molar-refractivity contribution in [1.29, 1.82) is 0 Å². The molecule has 0 amide bonds. The van der Waals surface area contributed by atoms with Crippen molar-refractivity contribution < 1.29 is 8.83 Å². The highest BCUT2D eigenvalue weighted by atomic mass is 16.3. The van der Waals surface area contributed by atoms with Gasteiger partial charge in [0, 0.05) is 43.9 Å². The minimum absolute atomic E-state index is 0.818. The van der Waals surface area contributed by atoms with Crippen LogP contribution in [0.1, 0.15) is 0 Å². The molecule has 0 radical (unpaired) electrons. The van der Waals surface area contributed by atoms with Crippen LogP contribution < -0.4 is 0 Å². The smallest absolute Gasteiger partial charge is 0.146 e. The van der Waals surface area contributed by atoms with Gasteiger partial charge in [0.15, 0.2) is 0 Å². The van der Waals surface area contributed by atoms with Crippen LogP contribution in [-0.2, 0) is 0 Å². The molecule has 55 heavy (non-hydrogen) atoms. The molecule has 0 saturated carbocycles. The summed E-state index contributed by atoms with van der Waals surface area (Å²) in [7, 11) is 0. The quantitative estimate of drug-likeness (QED) is 0.171. The summed E-state index contributed by atoms with van der Waals surface area (Å²) < 4.78 is 15.9. The average molecular weight is 702 g/mol. The summed E-state index contributed by atoms with van der Waals surface area (Å²) in [6.07, 6.45) is 0. The van der Waals surface area contributed by atoms with Crippen LogP contribution in [0.5, 0.6) is 0 Å². The second-order valence-corrected chi connectivity index (χ2v) is 14.4. The van der Waals surface area contributed by atoms with Gasteiger partial charge in [-0.25, -0.2) is 0 Å². The van der Waals surface area contributed by atoms with Crippen molar-refractivity contribution in [3.05, 3.63) is 188 Å². The van der Waals surface area contributed by atoms with Crippen LogP contribution in [0.4, 0.5) is 0 Å². The SMILES string of the molecule is c1ccc(-c2cc3c(o2)c(-c2c4ccccc4c(-c4ccc5c(c4)c4ccccc4n5-c4ccccc4)c4ccccc24)cc2c4ccccc4oc32)cc1. The predicted octanol–water partition coefficient (Wildman–Crippen LogP) is 14.7. The number of rotatable bonds is 4. The Bertz CT molecular complexity index is 3420. The van der Waals surface area contributed by atoms with E-state index in [-0.39, 0.29) is 0 Å². The van der Waals surface area contributed by atoms with Crippen LogP contribution in [-0.4, -0.2) is 4.57 Å². The Morgan fingerprint density at radius 2 is 0.909 bits per heavy atom. The van der Waals surface area contributed by atoms with Crippen LogP contribution in [0.25, 0.3) is 116 Å². The fourth-order valence-electron chi connectivity index (χ4n) is 9.02. The zero-order chi connectivity index (χ0) is 36.0. The van der Waals surface area contributed by atoms with E-state index in [0.29, 0.717) is 0 Å². The van der Waals surface area contributed by atoms with Gasteiger partial charge < -0.3 is 13.4 Å². The molecule has 3 heteroatoms. The third kappa shape index (κ3) is 4.38. The Morgan fingerprint density at radius 3 is 1.64 bits per heavy atom. The zero-order valence-corrected chi connectivity index (χ0v) is 29.7. The van der Waals surface area contributed by atoms with Crippen LogP contribution in [0.15, 0.2) is 197 Å². The lowest BCUT2D eigenvalue weighted by Crippen LogP contribution is -1.93. The maximum Gasteiger partial charge on any atom is 0.146 e. The highest BCUT2D eigenvalue weighted by Gasteiger charge is 2.24. The fourth-order valence-corrected chi connectivity index (χ4v) is 9.02. The largest absolute Gasteiger partial charge is 0.455 e. The van der Waals surface area contributed by atoms with Crippen molar-refractivity contribution in [2.24, 2.45) is 0 Å². The van der Waals surface area contributed by atoms with Crippen LogP contribution in [0, 0.1) is 0 Å². The Balaban J connectivity index is 1.18. The highest BCUT2D eigenvalue weighted by molar-refractivity contribution is 6.27. The topological polar surface area (TPSA) is 31.2 Å². The molecule has 12 rings (SSSR count). The molecule has 0 aliphatic heterocycles. The van der Waals surface area contributed by atoms with E-state index in [9.17, 15) is 0 Å². The lowest BCUT2D eigenvalue weighted by molar-refractivity contribution is 0.632. The molecular formula is C52H31NO2. The first kappa shape index (κ1) is 30.1. The standard InChI is InChI=1S/C52H31NO2/c1-3-15-32(16-4-1)48-31-44-51-42(36-20-12-14-26-47(36)54-51)30-43(52(44)55-48)50-39-23-9-7-21-37(39)49(38-22-8-10-24-40(38)50)33-27-28-46-41(29-33)35-19-11-13-25-45(35)53(46)34-17-5-2-6-18-34/h1-31H. The van der Waals surface area contributed by atoms with Gasteiger partial charge >= 0.3 is 0 Å². The molecule has 0 N–H and O–H groups in total. The molecular weight excluding hydrogens is 671 g/mol. The van der Waals surface area contributed by atoms with Crippen molar-refractivity contribution in [1.82, 2.24) is 4.57 Å². The molecule has 3 nitrogen and oxygen atoms in total. The van der Waals surface area contributed by atoms with Crippen molar-refractivity contribution in [2.45, 2.75) is 0 Å². The van der Waals surface area contributed by atoms with Crippen LogP contribution >= 0.6 is 0 Å². The van der Waals surface area contributed by atoms with E-state index in [4.69, 9.17) is 8.83 Å². The van der Waals surface area contributed by atoms with Gasteiger partial charge in [0.1, 0.15) is 22.5 Å². The first-order valence-electron chi connectivity index (χ1n) is 18.8. The molecule has 9 aromatic carbocycles. The molecule has 0 aliphatic carbocycles. The minimum atomic E-state index is 0.818. The summed E-state index contributed by atoms with van der Waals surface area (Å²) >= 11 is 0. The molecule has 256 valence electrons. The van der Waals surface area contributed by atoms with Crippen molar-refractivity contribution >= 4 is 76.3 Å². The summed E-state index contributed by atoms with van der Waals surface area (Å²) in [6.45, 7) is 0. The van der Waals surface area contributed by atoms with E-state index in [2.05, 4.69) is 174 Å². The molecule has 3 heterocycles. The lowest BCUT2D eigenvalue weighted by Gasteiger charge is -2.18. The van der Waals surface area contributed by atoms with Gasteiger partial charge in [0.2, 0.25) is 0 Å². The Kier molecular flexibility index (Phi) is 6.34.